The van der Waals surface area contributed by atoms with E-state index in [0.29, 0.717) is 12.2 Å². The molecular weight excluding hydrogens is 200 g/mol. The Hall–Kier alpha value is -1.09. The summed E-state index contributed by atoms with van der Waals surface area (Å²) >= 11 is 0. The molecule has 0 unspecified atom stereocenters. The molecule has 1 aliphatic rings. The molecule has 3 N–H and O–H groups in total. The Morgan fingerprint density at radius 2 is 1.94 bits per heavy atom. The third-order valence-electron chi connectivity index (χ3n) is 3.41. The van der Waals surface area contributed by atoms with Crippen LogP contribution in [-0.2, 0) is 6.42 Å². The number of nitrogens with two attached hydrogens (primary N) is 1. The normalized spacial score (nSPS) is 20.3. The SMILES string of the molecule is Nc1cc(CC2(O)CCCCCC2)ccn1. The fourth-order valence-corrected chi connectivity index (χ4v) is 2.55. The van der Waals surface area contributed by atoms with Gasteiger partial charge in [-0.1, -0.05) is 25.7 Å². The molecule has 3 heteroatoms. The molecule has 1 fully saturated rings. The molecule has 1 aliphatic carbocycles. The summed E-state index contributed by atoms with van der Waals surface area (Å²) in [4.78, 5) is 3.97. The Morgan fingerprint density at radius 1 is 1.25 bits per heavy atom. The molecule has 0 radical (unpaired) electrons. The molecule has 0 aliphatic heterocycles. The van der Waals surface area contributed by atoms with E-state index in [9.17, 15) is 5.11 Å². The molecule has 88 valence electrons. The van der Waals surface area contributed by atoms with Gasteiger partial charge in [-0.25, -0.2) is 4.98 Å². The van der Waals surface area contributed by atoms with E-state index in [1.807, 2.05) is 12.1 Å². The quantitative estimate of drug-likeness (QED) is 0.752. The summed E-state index contributed by atoms with van der Waals surface area (Å²) in [7, 11) is 0. The molecule has 0 aromatic carbocycles. The highest BCUT2D eigenvalue weighted by Crippen LogP contribution is 2.30. The van der Waals surface area contributed by atoms with Gasteiger partial charge in [0.2, 0.25) is 0 Å². The van der Waals surface area contributed by atoms with Gasteiger partial charge in [0.05, 0.1) is 5.60 Å². The number of nitrogen functional groups attached to an aromatic ring is 1. The Labute approximate surface area is 96.7 Å². The van der Waals surface area contributed by atoms with E-state index in [-0.39, 0.29) is 0 Å². The number of hydrogen-bond donors (Lipinski definition) is 2. The molecule has 2 rings (SSSR count). The van der Waals surface area contributed by atoms with Crippen molar-refractivity contribution >= 4 is 5.82 Å². The lowest BCUT2D eigenvalue weighted by atomic mass is 9.88. The van der Waals surface area contributed by atoms with Crippen LogP contribution in [0.4, 0.5) is 5.82 Å². The van der Waals surface area contributed by atoms with Crippen molar-refractivity contribution < 1.29 is 5.11 Å². The van der Waals surface area contributed by atoms with Gasteiger partial charge in [-0.05, 0) is 30.5 Å². The molecule has 1 heterocycles. The van der Waals surface area contributed by atoms with Gasteiger partial charge in [0, 0.05) is 12.6 Å². The highest BCUT2D eigenvalue weighted by atomic mass is 16.3. The molecule has 0 amide bonds. The lowest BCUT2D eigenvalue weighted by molar-refractivity contribution is 0.0252. The standard InChI is InChI=1S/C13H20N2O/c14-12-9-11(5-8-15-12)10-13(16)6-3-1-2-4-7-13/h5,8-9,16H,1-4,6-7,10H2,(H2,14,15). The summed E-state index contributed by atoms with van der Waals surface area (Å²) in [6.45, 7) is 0. The van der Waals surface area contributed by atoms with Gasteiger partial charge in [-0.15, -0.1) is 0 Å². The fourth-order valence-electron chi connectivity index (χ4n) is 2.55. The zero-order chi connectivity index (χ0) is 11.4. The minimum Gasteiger partial charge on any atom is -0.390 e. The van der Waals surface area contributed by atoms with E-state index in [2.05, 4.69) is 4.98 Å². The highest BCUT2D eigenvalue weighted by Gasteiger charge is 2.28. The monoisotopic (exact) mass is 220 g/mol. The summed E-state index contributed by atoms with van der Waals surface area (Å²) in [5, 5.41) is 10.5. The van der Waals surface area contributed by atoms with E-state index in [0.717, 1.165) is 31.2 Å². The van der Waals surface area contributed by atoms with Crippen LogP contribution in [0.15, 0.2) is 18.3 Å². The molecule has 3 nitrogen and oxygen atoms in total. The number of nitrogens with zero attached hydrogens (tertiary/aromatic N) is 1. The molecule has 0 saturated heterocycles. The number of hydrogen-bond acceptors (Lipinski definition) is 3. The van der Waals surface area contributed by atoms with Crippen molar-refractivity contribution in [1.82, 2.24) is 4.98 Å². The Kier molecular flexibility index (Phi) is 3.44. The first-order valence-electron chi connectivity index (χ1n) is 6.11. The number of aliphatic hydroxyl groups is 1. The van der Waals surface area contributed by atoms with Crippen LogP contribution >= 0.6 is 0 Å². The van der Waals surface area contributed by atoms with Crippen LogP contribution in [0.2, 0.25) is 0 Å². The Balaban J connectivity index is 2.06. The summed E-state index contributed by atoms with van der Waals surface area (Å²) in [5.74, 6) is 0.537. The predicted octanol–water partition coefficient (Wildman–Crippen LogP) is 2.29. The Bertz CT molecular complexity index is 344. The van der Waals surface area contributed by atoms with Gasteiger partial charge in [0.25, 0.3) is 0 Å². The van der Waals surface area contributed by atoms with Crippen LogP contribution in [0, 0.1) is 0 Å². The Morgan fingerprint density at radius 3 is 2.56 bits per heavy atom. The highest BCUT2D eigenvalue weighted by molar-refractivity contribution is 5.32. The van der Waals surface area contributed by atoms with Crippen molar-refractivity contribution in [2.24, 2.45) is 0 Å². The fraction of sp³-hybridized carbons (Fsp3) is 0.615. The van der Waals surface area contributed by atoms with Crippen LogP contribution in [0.3, 0.4) is 0 Å². The van der Waals surface area contributed by atoms with E-state index < -0.39 is 5.60 Å². The van der Waals surface area contributed by atoms with Gasteiger partial charge in [0.1, 0.15) is 5.82 Å². The van der Waals surface area contributed by atoms with Crippen molar-refractivity contribution in [3.63, 3.8) is 0 Å². The van der Waals surface area contributed by atoms with E-state index in [1.54, 1.807) is 6.20 Å². The maximum absolute atomic E-state index is 10.5. The second-order valence-electron chi connectivity index (χ2n) is 4.90. The second-order valence-corrected chi connectivity index (χ2v) is 4.90. The van der Waals surface area contributed by atoms with Crippen LogP contribution in [0.1, 0.15) is 44.1 Å². The average Bonchev–Trinajstić information content (AvgIpc) is 2.43. The van der Waals surface area contributed by atoms with E-state index in [4.69, 9.17) is 5.73 Å². The van der Waals surface area contributed by atoms with Crippen molar-refractivity contribution in [3.8, 4) is 0 Å². The van der Waals surface area contributed by atoms with E-state index >= 15 is 0 Å². The lowest BCUT2D eigenvalue weighted by Gasteiger charge is -2.26. The number of anilines is 1. The number of aromatic nitrogens is 1. The number of rotatable bonds is 2. The van der Waals surface area contributed by atoms with Crippen LogP contribution in [-0.4, -0.2) is 15.7 Å². The minimum absolute atomic E-state index is 0.524. The van der Waals surface area contributed by atoms with Crippen LogP contribution in [0.5, 0.6) is 0 Å². The van der Waals surface area contributed by atoms with Crippen LogP contribution < -0.4 is 5.73 Å². The second kappa shape index (κ2) is 4.83. The lowest BCUT2D eigenvalue weighted by Crippen LogP contribution is -2.30. The topological polar surface area (TPSA) is 59.1 Å². The van der Waals surface area contributed by atoms with Crippen molar-refractivity contribution in [3.05, 3.63) is 23.9 Å². The molecule has 0 bridgehead atoms. The average molecular weight is 220 g/mol. The van der Waals surface area contributed by atoms with E-state index in [1.165, 1.54) is 12.8 Å². The van der Waals surface area contributed by atoms with Gasteiger partial charge in [0.15, 0.2) is 0 Å². The van der Waals surface area contributed by atoms with Crippen LogP contribution in [0.25, 0.3) is 0 Å². The van der Waals surface area contributed by atoms with Crippen molar-refractivity contribution in [2.75, 3.05) is 5.73 Å². The molecule has 0 atom stereocenters. The first kappa shape index (κ1) is 11.4. The van der Waals surface area contributed by atoms with Gasteiger partial charge >= 0.3 is 0 Å². The molecule has 16 heavy (non-hydrogen) atoms. The molecule has 1 aromatic heterocycles. The summed E-state index contributed by atoms with van der Waals surface area (Å²) in [6.07, 6.45) is 9.02. The molecular formula is C13H20N2O. The van der Waals surface area contributed by atoms with Gasteiger partial charge in [-0.3, -0.25) is 0 Å². The zero-order valence-corrected chi connectivity index (χ0v) is 9.65. The zero-order valence-electron chi connectivity index (χ0n) is 9.65. The molecule has 1 aromatic rings. The first-order valence-corrected chi connectivity index (χ1v) is 6.11. The maximum atomic E-state index is 10.5. The third kappa shape index (κ3) is 2.95. The van der Waals surface area contributed by atoms with Crippen molar-refractivity contribution in [1.29, 1.82) is 0 Å². The smallest absolute Gasteiger partial charge is 0.123 e. The van der Waals surface area contributed by atoms with Gasteiger partial charge < -0.3 is 10.8 Å². The summed E-state index contributed by atoms with van der Waals surface area (Å²) in [6, 6.07) is 3.81. The maximum Gasteiger partial charge on any atom is 0.123 e. The summed E-state index contributed by atoms with van der Waals surface area (Å²) in [5.41, 5.74) is 6.22. The number of pyridine rings is 1. The molecule has 1 saturated carbocycles. The van der Waals surface area contributed by atoms with Crippen molar-refractivity contribution in [2.45, 2.75) is 50.5 Å². The largest absolute Gasteiger partial charge is 0.390 e. The molecule has 0 spiro atoms. The predicted molar refractivity (Wildman–Crippen MR) is 65.0 cm³/mol. The first-order chi connectivity index (χ1) is 7.68. The third-order valence-corrected chi connectivity index (χ3v) is 3.41. The van der Waals surface area contributed by atoms with Gasteiger partial charge in [-0.2, -0.15) is 0 Å². The minimum atomic E-state index is -0.524. The summed E-state index contributed by atoms with van der Waals surface area (Å²) < 4.78 is 0.